The maximum Gasteiger partial charge on any atom is 0.264 e. The fraction of sp³-hybridized carbons (Fsp3) is 1.00. The fourth-order valence-corrected chi connectivity index (χ4v) is 1.14. The van der Waals surface area contributed by atoms with Crippen molar-refractivity contribution in [2.24, 2.45) is 0 Å². The van der Waals surface area contributed by atoms with Gasteiger partial charge in [0.25, 0.3) is 10.1 Å². The van der Waals surface area contributed by atoms with Gasteiger partial charge in [-0.3, -0.25) is 4.18 Å². The van der Waals surface area contributed by atoms with Crippen LogP contribution in [0.2, 0.25) is 0 Å². The van der Waals surface area contributed by atoms with Crippen LogP contribution in [0, 0.1) is 0 Å². The molecule has 0 aliphatic heterocycles. The van der Waals surface area contributed by atoms with Crippen LogP contribution in [0.25, 0.3) is 0 Å². The Morgan fingerprint density at radius 3 is 2.25 bits per heavy atom. The lowest BCUT2D eigenvalue weighted by Crippen LogP contribution is -2.19. The zero-order valence-electron chi connectivity index (χ0n) is 7.70. The summed E-state index contributed by atoms with van der Waals surface area (Å²) in [4.78, 5) is 0. The van der Waals surface area contributed by atoms with Crippen LogP contribution in [0.5, 0.6) is 0 Å². The highest BCUT2D eigenvalue weighted by Gasteiger charge is 2.12. The van der Waals surface area contributed by atoms with E-state index in [0.29, 0.717) is 12.8 Å². The molecular weight excluding hydrogens is 180 g/mol. The molecule has 0 aliphatic carbocycles. The van der Waals surface area contributed by atoms with Crippen LogP contribution in [-0.2, 0) is 14.3 Å². The van der Waals surface area contributed by atoms with Crippen molar-refractivity contribution in [3.05, 3.63) is 0 Å². The average molecular weight is 196 g/mol. The minimum absolute atomic E-state index is 0.142. The van der Waals surface area contributed by atoms with Crippen LogP contribution in [0.1, 0.15) is 26.7 Å². The SMILES string of the molecule is CC(C)(O)CCCOS(C)(=O)=O. The van der Waals surface area contributed by atoms with Crippen molar-refractivity contribution < 1.29 is 17.7 Å². The fourth-order valence-electron chi connectivity index (χ4n) is 0.715. The Labute approximate surface area is 73.7 Å². The number of rotatable bonds is 5. The Balaban J connectivity index is 3.48. The summed E-state index contributed by atoms with van der Waals surface area (Å²) in [5.41, 5.74) is -0.749. The molecule has 0 aliphatic rings. The zero-order chi connectivity index (χ0) is 9.83. The Hall–Kier alpha value is -0.130. The monoisotopic (exact) mass is 196 g/mol. The predicted octanol–water partition coefficient (Wildman–Crippen LogP) is 0.514. The number of hydrogen-bond donors (Lipinski definition) is 1. The molecule has 0 spiro atoms. The molecule has 12 heavy (non-hydrogen) atoms. The second-order valence-electron chi connectivity index (χ2n) is 3.44. The van der Waals surface area contributed by atoms with E-state index in [9.17, 15) is 13.5 Å². The lowest BCUT2D eigenvalue weighted by atomic mass is 10.0. The smallest absolute Gasteiger partial charge is 0.264 e. The maximum atomic E-state index is 10.5. The normalized spacial score (nSPS) is 13.3. The minimum atomic E-state index is -3.32. The summed E-state index contributed by atoms with van der Waals surface area (Å²) in [5, 5.41) is 9.24. The van der Waals surface area contributed by atoms with E-state index in [1.165, 1.54) is 0 Å². The molecule has 0 atom stereocenters. The quantitative estimate of drug-likeness (QED) is 0.514. The third-order valence-electron chi connectivity index (χ3n) is 1.23. The molecule has 74 valence electrons. The summed E-state index contributed by atoms with van der Waals surface area (Å²) < 4.78 is 25.4. The van der Waals surface area contributed by atoms with E-state index in [4.69, 9.17) is 0 Å². The lowest BCUT2D eigenvalue weighted by Gasteiger charge is -2.15. The van der Waals surface area contributed by atoms with E-state index < -0.39 is 15.7 Å². The third kappa shape index (κ3) is 9.87. The summed E-state index contributed by atoms with van der Waals surface area (Å²) >= 11 is 0. The number of aliphatic hydroxyl groups is 1. The first-order chi connectivity index (χ1) is 5.21. The van der Waals surface area contributed by atoms with Gasteiger partial charge in [0.1, 0.15) is 0 Å². The first-order valence-electron chi connectivity index (χ1n) is 3.77. The van der Waals surface area contributed by atoms with Gasteiger partial charge in [0.05, 0.1) is 18.5 Å². The summed E-state index contributed by atoms with van der Waals surface area (Å²) in [6.07, 6.45) is 2.08. The first kappa shape index (κ1) is 11.9. The molecular formula is C7H16O4S. The van der Waals surface area contributed by atoms with Gasteiger partial charge >= 0.3 is 0 Å². The van der Waals surface area contributed by atoms with Gasteiger partial charge < -0.3 is 5.11 Å². The van der Waals surface area contributed by atoms with Crippen molar-refractivity contribution in [1.82, 2.24) is 0 Å². The Morgan fingerprint density at radius 2 is 1.92 bits per heavy atom. The largest absolute Gasteiger partial charge is 0.390 e. The Bertz CT molecular complexity index is 212. The van der Waals surface area contributed by atoms with Crippen molar-refractivity contribution in [2.45, 2.75) is 32.3 Å². The molecule has 0 heterocycles. The molecule has 0 saturated heterocycles. The highest BCUT2D eigenvalue weighted by atomic mass is 32.2. The van der Waals surface area contributed by atoms with E-state index >= 15 is 0 Å². The van der Waals surface area contributed by atoms with Gasteiger partial charge in [-0.05, 0) is 26.7 Å². The highest BCUT2D eigenvalue weighted by Crippen LogP contribution is 2.10. The van der Waals surface area contributed by atoms with Crippen LogP contribution >= 0.6 is 0 Å². The molecule has 0 rings (SSSR count). The summed E-state index contributed by atoms with van der Waals surface area (Å²) in [6.45, 7) is 3.49. The van der Waals surface area contributed by atoms with E-state index in [-0.39, 0.29) is 6.61 Å². The molecule has 0 radical (unpaired) electrons. The van der Waals surface area contributed by atoms with Crippen molar-refractivity contribution in [3.63, 3.8) is 0 Å². The molecule has 0 saturated carbocycles. The van der Waals surface area contributed by atoms with Crippen molar-refractivity contribution in [1.29, 1.82) is 0 Å². The van der Waals surface area contributed by atoms with E-state index in [2.05, 4.69) is 4.18 Å². The lowest BCUT2D eigenvalue weighted by molar-refractivity contribution is 0.0644. The standard InChI is InChI=1S/C7H16O4S/c1-7(2,8)5-4-6-11-12(3,9)10/h8H,4-6H2,1-3H3. The minimum Gasteiger partial charge on any atom is -0.390 e. The Morgan fingerprint density at radius 1 is 1.42 bits per heavy atom. The molecule has 4 nitrogen and oxygen atoms in total. The molecule has 0 fully saturated rings. The third-order valence-corrected chi connectivity index (χ3v) is 1.83. The van der Waals surface area contributed by atoms with E-state index in [1.807, 2.05) is 0 Å². The summed E-state index contributed by atoms with van der Waals surface area (Å²) in [6, 6.07) is 0. The van der Waals surface area contributed by atoms with Gasteiger partial charge in [0, 0.05) is 0 Å². The summed E-state index contributed by atoms with van der Waals surface area (Å²) in [5.74, 6) is 0. The van der Waals surface area contributed by atoms with Gasteiger partial charge in [-0.15, -0.1) is 0 Å². The molecule has 5 heteroatoms. The topological polar surface area (TPSA) is 63.6 Å². The molecule has 1 N–H and O–H groups in total. The maximum absolute atomic E-state index is 10.5. The zero-order valence-corrected chi connectivity index (χ0v) is 8.52. The van der Waals surface area contributed by atoms with Crippen LogP contribution in [0.3, 0.4) is 0 Å². The molecule has 0 aromatic carbocycles. The first-order valence-corrected chi connectivity index (χ1v) is 5.59. The number of hydrogen-bond acceptors (Lipinski definition) is 4. The molecule has 0 aromatic heterocycles. The van der Waals surface area contributed by atoms with Gasteiger partial charge in [-0.2, -0.15) is 8.42 Å². The van der Waals surface area contributed by atoms with E-state index in [1.54, 1.807) is 13.8 Å². The summed E-state index contributed by atoms with van der Waals surface area (Å²) in [7, 11) is -3.32. The van der Waals surface area contributed by atoms with Crippen LogP contribution in [-0.4, -0.2) is 32.0 Å². The molecule has 0 aromatic rings. The molecule has 0 amide bonds. The second-order valence-corrected chi connectivity index (χ2v) is 5.09. The van der Waals surface area contributed by atoms with Crippen molar-refractivity contribution in [2.75, 3.05) is 12.9 Å². The molecule has 0 unspecified atom stereocenters. The van der Waals surface area contributed by atoms with E-state index in [0.717, 1.165) is 6.26 Å². The average Bonchev–Trinajstić information content (AvgIpc) is 1.76. The van der Waals surface area contributed by atoms with Crippen molar-refractivity contribution >= 4 is 10.1 Å². The van der Waals surface area contributed by atoms with Crippen LogP contribution in [0.15, 0.2) is 0 Å². The van der Waals surface area contributed by atoms with Crippen LogP contribution in [0.4, 0.5) is 0 Å². The van der Waals surface area contributed by atoms with Crippen molar-refractivity contribution in [3.8, 4) is 0 Å². The predicted molar refractivity (Wildman–Crippen MR) is 46.3 cm³/mol. The molecule has 0 bridgehead atoms. The van der Waals surface area contributed by atoms with Gasteiger partial charge in [0.15, 0.2) is 0 Å². The van der Waals surface area contributed by atoms with Gasteiger partial charge in [-0.1, -0.05) is 0 Å². The van der Waals surface area contributed by atoms with Crippen LogP contribution < -0.4 is 0 Å². The Kier molecular flexibility index (Phi) is 4.16. The second kappa shape index (κ2) is 4.20. The van der Waals surface area contributed by atoms with Gasteiger partial charge in [-0.25, -0.2) is 0 Å². The highest BCUT2D eigenvalue weighted by molar-refractivity contribution is 7.85. The van der Waals surface area contributed by atoms with Gasteiger partial charge in [0.2, 0.25) is 0 Å².